The van der Waals surface area contributed by atoms with Gasteiger partial charge in [0.2, 0.25) is 0 Å². The predicted octanol–water partition coefficient (Wildman–Crippen LogP) is -0.415. The third-order valence-corrected chi connectivity index (χ3v) is 2.65. The van der Waals surface area contributed by atoms with E-state index in [1.54, 1.807) is 12.9 Å². The van der Waals surface area contributed by atoms with Gasteiger partial charge in [-0.3, -0.25) is 4.84 Å². The maximum atomic E-state index is 11.8. The summed E-state index contributed by atoms with van der Waals surface area (Å²) in [4.78, 5) is 27.5. The molecule has 0 spiro atoms. The minimum Gasteiger partial charge on any atom is -0.437 e. The molecule has 0 aromatic heterocycles. The number of carbonyl (C=O) groups excluding carboxylic acids is 2. The Morgan fingerprint density at radius 3 is 2.88 bits per heavy atom. The van der Waals surface area contributed by atoms with Crippen LogP contribution in [-0.2, 0) is 23.9 Å². The molecule has 0 radical (unpaired) electrons. The van der Waals surface area contributed by atoms with Crippen LogP contribution in [0.2, 0.25) is 0 Å². The predicted molar refractivity (Wildman–Crippen MR) is 54.8 cm³/mol. The molecule has 1 N–H and O–H groups in total. The summed E-state index contributed by atoms with van der Waals surface area (Å²) < 4.78 is 9.31. The Kier molecular flexibility index (Phi) is 4.65. The van der Waals surface area contributed by atoms with Gasteiger partial charge in [-0.2, -0.15) is 0 Å². The molecule has 1 atom stereocenters. The Balaban J connectivity index is 2.73. The fourth-order valence-electron chi connectivity index (χ4n) is 1.74. The topological polar surface area (TPSA) is 85.3 Å². The Morgan fingerprint density at radius 1 is 1.65 bits per heavy atom. The van der Waals surface area contributed by atoms with Gasteiger partial charge >= 0.3 is 5.97 Å². The van der Waals surface area contributed by atoms with E-state index in [-0.39, 0.29) is 12.5 Å². The lowest BCUT2D eigenvalue weighted by Crippen LogP contribution is -2.48. The third-order valence-electron chi connectivity index (χ3n) is 2.65. The molecule has 1 heterocycles. The first-order valence-electron chi connectivity index (χ1n) is 5.04. The maximum Gasteiger partial charge on any atom is 0.336 e. The molecule has 1 aliphatic rings. The van der Waals surface area contributed by atoms with E-state index in [2.05, 4.69) is 4.74 Å². The lowest BCUT2D eigenvalue weighted by Gasteiger charge is -2.31. The van der Waals surface area contributed by atoms with Crippen LogP contribution in [0.25, 0.3) is 0 Å². The van der Waals surface area contributed by atoms with Crippen molar-refractivity contribution in [3.8, 4) is 0 Å². The van der Waals surface area contributed by atoms with Crippen LogP contribution in [0, 0.1) is 0 Å². The fourth-order valence-corrected chi connectivity index (χ4v) is 1.74. The van der Waals surface area contributed by atoms with Gasteiger partial charge < -0.3 is 14.6 Å². The van der Waals surface area contributed by atoms with E-state index in [0.717, 1.165) is 0 Å². The first kappa shape index (κ1) is 13.7. The van der Waals surface area contributed by atoms with Crippen molar-refractivity contribution >= 4 is 11.9 Å². The Hall–Kier alpha value is -1.40. The summed E-state index contributed by atoms with van der Waals surface area (Å²) in [7, 11) is 1.36. The van der Waals surface area contributed by atoms with Crippen molar-refractivity contribution in [2.45, 2.75) is 25.3 Å². The number of esters is 1. The number of ether oxygens (including phenoxy) is 2. The van der Waals surface area contributed by atoms with Crippen LogP contribution in [0.1, 0.15) is 19.8 Å². The minimum atomic E-state index is -1.07. The number of hydrogen-bond donors (Lipinski definition) is 1. The standard InChI is InChI=1S/C10H15NO6/c1-10(9(14)17-7-16-6-13)4-3-8(5-12)11(10)15-2/h13H,3-4,6-7H2,1-2H3. The molecule has 0 aromatic rings. The van der Waals surface area contributed by atoms with Gasteiger partial charge in [-0.15, -0.1) is 0 Å². The Morgan fingerprint density at radius 2 is 2.35 bits per heavy atom. The summed E-state index contributed by atoms with van der Waals surface area (Å²) in [5.41, 5.74) is -0.796. The van der Waals surface area contributed by atoms with Gasteiger partial charge in [0, 0.05) is 6.42 Å². The van der Waals surface area contributed by atoms with Crippen molar-refractivity contribution in [1.82, 2.24) is 5.06 Å². The van der Waals surface area contributed by atoms with Crippen LogP contribution in [0.4, 0.5) is 0 Å². The highest BCUT2D eigenvalue weighted by molar-refractivity contribution is 5.81. The number of aliphatic hydroxyl groups excluding tert-OH is 1. The largest absolute Gasteiger partial charge is 0.437 e. The highest BCUT2D eigenvalue weighted by atomic mass is 16.7. The van der Waals surface area contributed by atoms with E-state index in [1.807, 2.05) is 0 Å². The number of carbonyl (C=O) groups is 1. The summed E-state index contributed by atoms with van der Waals surface area (Å²) in [5.74, 6) is 1.15. The van der Waals surface area contributed by atoms with E-state index < -0.39 is 18.3 Å². The van der Waals surface area contributed by atoms with E-state index in [4.69, 9.17) is 14.7 Å². The number of hydroxylamine groups is 2. The maximum absolute atomic E-state index is 11.8. The van der Waals surface area contributed by atoms with Gasteiger partial charge in [-0.25, -0.2) is 14.7 Å². The molecule has 0 saturated carbocycles. The third kappa shape index (κ3) is 2.65. The molecule has 7 nitrogen and oxygen atoms in total. The van der Waals surface area contributed by atoms with Gasteiger partial charge in [-0.1, -0.05) is 0 Å². The number of nitrogens with zero attached hydrogens (tertiary/aromatic N) is 1. The van der Waals surface area contributed by atoms with Crippen LogP contribution in [0.15, 0.2) is 5.70 Å². The molecule has 1 unspecified atom stereocenters. The fraction of sp³-hybridized carbons (Fsp3) is 0.700. The molecule has 0 amide bonds. The van der Waals surface area contributed by atoms with E-state index in [9.17, 15) is 9.59 Å². The summed E-state index contributed by atoms with van der Waals surface area (Å²) in [6.45, 7) is 0.724. The van der Waals surface area contributed by atoms with E-state index in [1.165, 1.54) is 12.2 Å². The summed E-state index contributed by atoms with van der Waals surface area (Å²) in [6, 6.07) is 0. The zero-order chi connectivity index (χ0) is 12.9. The van der Waals surface area contributed by atoms with Crippen molar-refractivity contribution in [2.24, 2.45) is 0 Å². The molecule has 0 bridgehead atoms. The normalized spacial score (nSPS) is 23.7. The smallest absolute Gasteiger partial charge is 0.336 e. The molecule has 17 heavy (non-hydrogen) atoms. The van der Waals surface area contributed by atoms with Gasteiger partial charge in [-0.05, 0) is 13.3 Å². The average molecular weight is 245 g/mol. The number of allylic oxidation sites excluding steroid dienone is 1. The molecule has 1 rings (SSSR count). The monoisotopic (exact) mass is 245 g/mol. The van der Waals surface area contributed by atoms with Crippen molar-refractivity contribution in [3.63, 3.8) is 0 Å². The molecule has 0 aliphatic carbocycles. The van der Waals surface area contributed by atoms with Gasteiger partial charge in [0.05, 0.1) is 7.11 Å². The molecule has 96 valence electrons. The van der Waals surface area contributed by atoms with Gasteiger partial charge in [0.15, 0.2) is 12.3 Å². The van der Waals surface area contributed by atoms with E-state index >= 15 is 0 Å². The minimum absolute atomic E-state index is 0.273. The van der Waals surface area contributed by atoms with Crippen molar-refractivity contribution in [2.75, 3.05) is 20.7 Å². The lowest BCUT2D eigenvalue weighted by atomic mass is 10.0. The first-order valence-corrected chi connectivity index (χ1v) is 5.04. The molecule has 1 aliphatic heterocycles. The van der Waals surface area contributed by atoms with E-state index in [0.29, 0.717) is 12.8 Å². The van der Waals surface area contributed by atoms with Crippen LogP contribution in [0.5, 0.6) is 0 Å². The molecule has 1 saturated heterocycles. The highest BCUT2D eigenvalue weighted by Crippen LogP contribution is 2.35. The highest BCUT2D eigenvalue weighted by Gasteiger charge is 2.48. The number of aliphatic hydroxyl groups is 1. The summed E-state index contributed by atoms with van der Waals surface area (Å²) in [5, 5.41) is 9.58. The Labute approximate surface area is 98.5 Å². The van der Waals surface area contributed by atoms with Crippen LogP contribution >= 0.6 is 0 Å². The van der Waals surface area contributed by atoms with Crippen LogP contribution < -0.4 is 0 Å². The molecular formula is C10H15NO6. The second kappa shape index (κ2) is 5.79. The average Bonchev–Trinajstić information content (AvgIpc) is 2.67. The second-order valence-corrected chi connectivity index (χ2v) is 3.68. The number of rotatable bonds is 5. The molecule has 0 aromatic carbocycles. The summed E-state index contributed by atoms with van der Waals surface area (Å²) >= 11 is 0. The van der Waals surface area contributed by atoms with Crippen LogP contribution in [-0.4, -0.2) is 48.3 Å². The zero-order valence-electron chi connectivity index (χ0n) is 9.76. The lowest BCUT2D eigenvalue weighted by molar-refractivity contribution is -0.201. The SMILES string of the molecule is CON1C(=C=O)CCC1(C)C(=O)OCOCO. The quantitative estimate of drug-likeness (QED) is 0.305. The van der Waals surface area contributed by atoms with Gasteiger partial charge in [0.1, 0.15) is 18.4 Å². The van der Waals surface area contributed by atoms with Crippen molar-refractivity contribution in [1.29, 1.82) is 0 Å². The zero-order valence-corrected chi connectivity index (χ0v) is 9.76. The van der Waals surface area contributed by atoms with Gasteiger partial charge in [0.25, 0.3) is 0 Å². The van der Waals surface area contributed by atoms with Crippen molar-refractivity contribution < 1.29 is 29.0 Å². The number of hydrogen-bond acceptors (Lipinski definition) is 7. The Bertz CT molecular complexity index is 338. The van der Waals surface area contributed by atoms with Crippen LogP contribution in [0.3, 0.4) is 0 Å². The second-order valence-electron chi connectivity index (χ2n) is 3.68. The van der Waals surface area contributed by atoms with Crippen molar-refractivity contribution in [3.05, 3.63) is 5.70 Å². The molecule has 1 fully saturated rings. The molecule has 7 heteroatoms. The molecular weight excluding hydrogens is 230 g/mol. The first-order chi connectivity index (χ1) is 8.10. The summed E-state index contributed by atoms with van der Waals surface area (Å²) in [6.07, 6.45) is 0.785.